The van der Waals surface area contributed by atoms with Gasteiger partial charge in [0.1, 0.15) is 11.4 Å². The fraction of sp³-hybridized carbons (Fsp3) is 0.450. The van der Waals surface area contributed by atoms with Crippen LogP contribution < -0.4 is 9.47 Å². The summed E-state index contributed by atoms with van der Waals surface area (Å²) in [4.78, 5) is 13.2. The number of hydrogen-bond acceptors (Lipinski definition) is 6. The molecular weight excluding hydrogens is 336 g/mol. The van der Waals surface area contributed by atoms with Crippen LogP contribution in [0.5, 0.6) is 17.2 Å². The average molecular weight is 356 g/mol. The smallest absolute Gasteiger partial charge is 0.231 e. The Bertz CT molecular complexity index is 858. The molecule has 4 aliphatic rings. The highest BCUT2D eigenvalue weighted by atomic mass is 16.7. The number of phenols is 1. The van der Waals surface area contributed by atoms with E-state index in [2.05, 4.69) is 13.5 Å². The summed E-state index contributed by atoms with van der Waals surface area (Å²) in [5, 5.41) is 10.4. The van der Waals surface area contributed by atoms with Crippen LogP contribution in [0.2, 0.25) is 0 Å². The third-order valence-corrected chi connectivity index (χ3v) is 6.45. The summed E-state index contributed by atoms with van der Waals surface area (Å²) in [5.74, 6) is 1.36. The van der Waals surface area contributed by atoms with Crippen molar-refractivity contribution in [2.75, 3.05) is 13.6 Å². The van der Waals surface area contributed by atoms with Gasteiger partial charge in [-0.3, -0.25) is 4.79 Å². The van der Waals surface area contributed by atoms with Gasteiger partial charge in [0.25, 0.3) is 0 Å². The molecular formula is C20H20O6. The van der Waals surface area contributed by atoms with Gasteiger partial charge in [0.05, 0.1) is 0 Å². The Labute approximate surface area is 151 Å². The number of allylic oxidation sites excluding steroid dienone is 2. The van der Waals surface area contributed by atoms with Crippen molar-refractivity contribution in [3.05, 3.63) is 42.2 Å². The molecule has 6 nitrogen and oxygen atoms in total. The number of fused-ring (bicyclic) bond motifs is 2. The summed E-state index contributed by atoms with van der Waals surface area (Å²) in [7, 11) is 0. The van der Waals surface area contributed by atoms with Gasteiger partial charge in [0.2, 0.25) is 12.5 Å². The van der Waals surface area contributed by atoms with Crippen molar-refractivity contribution in [1.29, 1.82) is 0 Å². The predicted octanol–water partition coefficient (Wildman–Crippen LogP) is 3.02. The molecule has 1 aromatic carbocycles. The molecule has 2 heterocycles. The van der Waals surface area contributed by atoms with Crippen LogP contribution >= 0.6 is 0 Å². The molecule has 4 atom stereocenters. The second-order valence-corrected chi connectivity index (χ2v) is 7.53. The summed E-state index contributed by atoms with van der Waals surface area (Å²) in [6, 6.07) is 3.55. The minimum atomic E-state index is -0.668. The van der Waals surface area contributed by atoms with Crippen LogP contribution in [0, 0.1) is 11.3 Å². The molecule has 2 aliphatic heterocycles. The van der Waals surface area contributed by atoms with Crippen molar-refractivity contribution < 1.29 is 28.8 Å². The molecule has 6 heteroatoms. The molecule has 1 aromatic rings. The maximum atomic E-state index is 13.2. The Hall–Kier alpha value is -2.47. The standard InChI is InChI=1S/C20H20O6/c1-3-4-19-8-20(16(7-15(19)22)24-10-26-20)11(2)17(19)12-5-13(21)18-14(6-12)23-9-25-18/h3,5-7,11,17,21H,1,4,8-10H2,2H3/t11-,17+,19+,20+/m0/s1. The molecule has 1 saturated heterocycles. The summed E-state index contributed by atoms with van der Waals surface area (Å²) >= 11 is 0. The minimum absolute atomic E-state index is 0.0116. The third-order valence-electron chi connectivity index (χ3n) is 6.45. The van der Waals surface area contributed by atoms with Crippen LogP contribution in [0.4, 0.5) is 0 Å². The topological polar surface area (TPSA) is 74.2 Å². The Morgan fingerprint density at radius 2 is 2.15 bits per heavy atom. The van der Waals surface area contributed by atoms with E-state index in [1.54, 1.807) is 18.2 Å². The lowest BCUT2D eigenvalue weighted by atomic mass is 9.67. The summed E-state index contributed by atoms with van der Waals surface area (Å²) in [5.41, 5.74) is -0.428. The monoisotopic (exact) mass is 356 g/mol. The van der Waals surface area contributed by atoms with Gasteiger partial charge in [0.15, 0.2) is 24.1 Å². The zero-order valence-corrected chi connectivity index (χ0v) is 14.5. The largest absolute Gasteiger partial charge is 0.504 e. The van der Waals surface area contributed by atoms with E-state index in [9.17, 15) is 9.90 Å². The van der Waals surface area contributed by atoms with Gasteiger partial charge in [-0.05, 0) is 30.5 Å². The lowest BCUT2D eigenvalue weighted by Gasteiger charge is -2.35. The number of aromatic hydroxyl groups is 1. The first-order valence-corrected chi connectivity index (χ1v) is 8.78. The zero-order valence-electron chi connectivity index (χ0n) is 14.5. The summed E-state index contributed by atoms with van der Waals surface area (Å²) < 4.78 is 22.5. The number of carbonyl (C=O) groups is 1. The van der Waals surface area contributed by atoms with E-state index in [4.69, 9.17) is 18.9 Å². The number of rotatable bonds is 3. The van der Waals surface area contributed by atoms with Gasteiger partial charge in [-0.25, -0.2) is 0 Å². The predicted molar refractivity (Wildman–Crippen MR) is 90.9 cm³/mol. The molecule has 1 N–H and O–H groups in total. The van der Waals surface area contributed by atoms with Crippen molar-refractivity contribution in [2.45, 2.75) is 31.3 Å². The van der Waals surface area contributed by atoms with Crippen LogP contribution in [0.15, 0.2) is 36.6 Å². The summed E-state index contributed by atoms with van der Waals surface area (Å²) in [6.07, 6.45) is 4.48. The SMILES string of the molecule is C=CC[C@@]12C[C@@]3(OCOC3=CC1=O)[C@@H](C)[C@@H]2c1cc(O)c2c(c1)OCO2. The van der Waals surface area contributed by atoms with Crippen molar-refractivity contribution >= 4 is 5.78 Å². The molecule has 1 spiro atoms. The maximum absolute atomic E-state index is 13.2. The van der Waals surface area contributed by atoms with E-state index < -0.39 is 11.0 Å². The molecule has 0 aromatic heterocycles. The van der Waals surface area contributed by atoms with E-state index in [-0.39, 0.29) is 37.0 Å². The number of hydrogen-bond donors (Lipinski definition) is 1. The first-order chi connectivity index (χ1) is 12.5. The molecule has 0 unspecified atom stereocenters. The Balaban J connectivity index is 1.70. The highest BCUT2D eigenvalue weighted by Gasteiger charge is 2.68. The number of ketones is 1. The molecule has 0 radical (unpaired) electrons. The Kier molecular flexibility index (Phi) is 3.05. The number of benzene rings is 1. The van der Waals surface area contributed by atoms with Crippen molar-refractivity contribution in [3.8, 4) is 17.2 Å². The van der Waals surface area contributed by atoms with Gasteiger partial charge in [-0.1, -0.05) is 13.0 Å². The summed E-state index contributed by atoms with van der Waals surface area (Å²) in [6.45, 7) is 6.19. The van der Waals surface area contributed by atoms with E-state index in [1.807, 2.05) is 6.07 Å². The highest BCUT2D eigenvalue weighted by Crippen LogP contribution is 2.67. The van der Waals surface area contributed by atoms with Gasteiger partial charge < -0.3 is 24.1 Å². The quantitative estimate of drug-likeness (QED) is 0.839. The molecule has 26 heavy (non-hydrogen) atoms. The lowest BCUT2D eigenvalue weighted by Crippen LogP contribution is -2.39. The van der Waals surface area contributed by atoms with E-state index in [0.717, 1.165) is 5.56 Å². The van der Waals surface area contributed by atoms with Gasteiger partial charge in [0, 0.05) is 23.3 Å². The van der Waals surface area contributed by atoms with E-state index >= 15 is 0 Å². The Morgan fingerprint density at radius 3 is 2.96 bits per heavy atom. The molecule has 2 bridgehead atoms. The molecule has 1 saturated carbocycles. The second kappa shape index (κ2) is 5.04. The molecule has 136 valence electrons. The number of carbonyl (C=O) groups excluding carboxylic acids is 1. The van der Waals surface area contributed by atoms with E-state index in [0.29, 0.717) is 30.1 Å². The minimum Gasteiger partial charge on any atom is -0.504 e. The van der Waals surface area contributed by atoms with Crippen molar-refractivity contribution in [1.82, 2.24) is 0 Å². The van der Waals surface area contributed by atoms with Crippen LogP contribution in [-0.2, 0) is 14.3 Å². The van der Waals surface area contributed by atoms with Crippen molar-refractivity contribution in [3.63, 3.8) is 0 Å². The first-order valence-electron chi connectivity index (χ1n) is 8.78. The van der Waals surface area contributed by atoms with Gasteiger partial charge in [-0.15, -0.1) is 6.58 Å². The first kappa shape index (κ1) is 15.8. The number of phenolic OH excluding ortho intramolecular Hbond substituents is 1. The highest BCUT2D eigenvalue weighted by molar-refractivity contribution is 5.99. The molecule has 0 amide bonds. The average Bonchev–Trinajstić information content (AvgIpc) is 3.27. The van der Waals surface area contributed by atoms with Crippen LogP contribution in [-0.4, -0.2) is 30.1 Å². The zero-order chi connectivity index (χ0) is 18.1. The Morgan fingerprint density at radius 1 is 1.31 bits per heavy atom. The number of ether oxygens (including phenoxy) is 4. The van der Waals surface area contributed by atoms with E-state index in [1.165, 1.54) is 0 Å². The lowest BCUT2D eigenvalue weighted by molar-refractivity contribution is -0.126. The van der Waals surface area contributed by atoms with Crippen LogP contribution in [0.3, 0.4) is 0 Å². The van der Waals surface area contributed by atoms with Crippen LogP contribution in [0.1, 0.15) is 31.2 Å². The van der Waals surface area contributed by atoms with Crippen molar-refractivity contribution in [2.24, 2.45) is 11.3 Å². The van der Waals surface area contributed by atoms with Crippen LogP contribution in [0.25, 0.3) is 0 Å². The van der Waals surface area contributed by atoms with Gasteiger partial charge in [-0.2, -0.15) is 0 Å². The second-order valence-electron chi connectivity index (χ2n) is 7.53. The van der Waals surface area contributed by atoms with Gasteiger partial charge >= 0.3 is 0 Å². The fourth-order valence-electron chi connectivity index (χ4n) is 5.40. The molecule has 5 rings (SSSR count). The normalized spacial score (nSPS) is 36.5. The maximum Gasteiger partial charge on any atom is 0.231 e. The molecule has 2 aliphatic carbocycles. The molecule has 2 fully saturated rings. The third kappa shape index (κ3) is 1.72. The fourth-order valence-corrected chi connectivity index (χ4v) is 5.40.